The Morgan fingerprint density at radius 2 is 2.29 bits per heavy atom. The minimum absolute atomic E-state index is 0. The molecule has 0 aliphatic heterocycles. The first-order valence-corrected chi connectivity index (χ1v) is 3.80. The largest absolute Gasteiger partial charge is 1.00 e. The molecule has 2 N–H and O–H groups in total. The average molecular weight is 234 g/mol. The monoisotopic (exact) mass is 234 g/mol. The van der Waals surface area contributed by atoms with Gasteiger partial charge >= 0.3 is 65.1 Å². The molecule has 0 radical (unpaired) electrons. The van der Waals surface area contributed by atoms with Crippen LogP contribution in [-0.2, 0) is 4.79 Å². The van der Waals surface area contributed by atoms with Gasteiger partial charge in [-0.15, -0.1) is 0 Å². The van der Waals surface area contributed by atoms with Crippen molar-refractivity contribution in [2.24, 2.45) is 0 Å². The van der Waals surface area contributed by atoms with E-state index in [9.17, 15) is 4.79 Å². The second kappa shape index (κ2) is 7.98. The van der Waals surface area contributed by atoms with Crippen LogP contribution >= 0.6 is 12.2 Å². The van der Waals surface area contributed by atoms with Crippen molar-refractivity contribution >= 4 is 18.2 Å². The van der Waals surface area contributed by atoms with Crippen molar-refractivity contribution in [1.82, 2.24) is 20.2 Å². The molecule has 1 unspecified atom stereocenters. The van der Waals surface area contributed by atoms with Gasteiger partial charge in [0, 0.05) is 0 Å². The van der Waals surface area contributed by atoms with E-state index in [-0.39, 0.29) is 63.9 Å². The van der Waals surface area contributed by atoms with Crippen LogP contribution in [-0.4, -0.2) is 31.3 Å². The van der Waals surface area contributed by atoms with Gasteiger partial charge in [-0.3, -0.25) is 0 Å². The Hall–Kier alpha value is 0.760. The molecule has 0 saturated heterocycles. The Bertz CT molecular complexity index is 338. The fourth-order valence-corrected chi connectivity index (χ4v) is 1.08. The van der Waals surface area contributed by atoms with Crippen molar-refractivity contribution in [1.29, 1.82) is 0 Å². The predicted molar refractivity (Wildman–Crippen MR) is 42.2 cm³/mol. The van der Waals surface area contributed by atoms with Crippen LogP contribution in [0.15, 0.2) is 0 Å². The van der Waals surface area contributed by atoms with E-state index in [2.05, 4.69) is 15.5 Å². The number of carboxylic acids is 1. The molecule has 1 aromatic rings. The molecule has 0 aromatic carbocycles. The first-order valence-electron chi connectivity index (χ1n) is 3.39. The number of carbonyl (C=O) groups is 1. The maximum atomic E-state index is 10.6. The first-order chi connectivity index (χ1) is 5.66. The summed E-state index contributed by atoms with van der Waals surface area (Å²) in [5.41, 5.74) is 0. The van der Waals surface area contributed by atoms with E-state index in [1.807, 2.05) is 0 Å². The molecule has 0 bridgehead atoms. The molecule has 9 heteroatoms. The van der Waals surface area contributed by atoms with Crippen molar-refractivity contribution in [3.8, 4) is 0 Å². The first kappa shape index (κ1) is 17.2. The van der Waals surface area contributed by atoms with Gasteiger partial charge in [-0.2, -0.15) is 5.21 Å². The fourth-order valence-electron chi connectivity index (χ4n) is 0.875. The number of tetrazole rings is 1. The maximum Gasteiger partial charge on any atom is 1.00 e. The van der Waals surface area contributed by atoms with Crippen LogP contribution in [0.3, 0.4) is 0 Å². The van der Waals surface area contributed by atoms with Gasteiger partial charge in [-0.25, -0.2) is 9.48 Å². The number of rotatable bonds is 3. The number of aromatic amines is 1. The summed E-state index contributed by atoms with van der Waals surface area (Å²) >= 11 is 4.74. The third-order valence-corrected chi connectivity index (χ3v) is 1.76. The van der Waals surface area contributed by atoms with Gasteiger partial charge in [0.25, 0.3) is 0 Å². The van der Waals surface area contributed by atoms with Crippen LogP contribution in [0.2, 0.25) is 0 Å². The molecule has 0 amide bonds. The van der Waals surface area contributed by atoms with Gasteiger partial charge < -0.3 is 5.11 Å². The van der Waals surface area contributed by atoms with Crippen LogP contribution in [0.1, 0.15) is 19.4 Å². The quantitative estimate of drug-likeness (QED) is 0.402. The summed E-state index contributed by atoms with van der Waals surface area (Å²) in [5.74, 6) is -0.945. The molecular formula is C5H8N4Na2O2S+2. The van der Waals surface area contributed by atoms with Gasteiger partial charge in [0.15, 0.2) is 6.04 Å². The number of hydrogen-bond acceptors (Lipinski definition) is 4. The Balaban J connectivity index is 0. The molecule has 6 nitrogen and oxygen atoms in total. The minimum atomic E-state index is -0.945. The summed E-state index contributed by atoms with van der Waals surface area (Å²) in [5, 5.41) is 18.0. The summed E-state index contributed by atoms with van der Waals surface area (Å²) in [6, 6.07) is -0.701. The number of aromatic nitrogens is 4. The molecule has 1 atom stereocenters. The van der Waals surface area contributed by atoms with Crippen molar-refractivity contribution in [2.45, 2.75) is 19.4 Å². The van der Waals surface area contributed by atoms with E-state index < -0.39 is 12.0 Å². The van der Waals surface area contributed by atoms with E-state index >= 15 is 0 Å². The standard InChI is InChI=1S/C5H8N4O2S.2Na/c1-2-3(4(10)11)9-5(12)6-7-8-9;;/h3H,2H2,1H3,(H,10,11)(H,6,8,12);;/q;2*+1. The summed E-state index contributed by atoms with van der Waals surface area (Å²) < 4.78 is 1.40. The van der Waals surface area contributed by atoms with Crippen molar-refractivity contribution < 1.29 is 69.0 Å². The third kappa shape index (κ3) is 4.09. The van der Waals surface area contributed by atoms with Gasteiger partial charge in [0.05, 0.1) is 0 Å². The van der Waals surface area contributed by atoms with E-state index in [1.165, 1.54) is 4.68 Å². The number of nitrogens with zero attached hydrogens (tertiary/aromatic N) is 3. The molecule has 1 heterocycles. The zero-order valence-corrected chi connectivity index (χ0v) is 13.2. The second-order valence-corrected chi connectivity index (χ2v) is 2.58. The molecule has 0 aliphatic rings. The zero-order valence-electron chi connectivity index (χ0n) is 8.39. The van der Waals surface area contributed by atoms with Crippen LogP contribution in [0, 0.1) is 4.77 Å². The smallest absolute Gasteiger partial charge is 0.480 e. The second-order valence-electron chi connectivity index (χ2n) is 2.21. The maximum absolute atomic E-state index is 10.6. The normalized spacial score (nSPS) is 10.9. The van der Waals surface area contributed by atoms with E-state index in [1.54, 1.807) is 6.92 Å². The average Bonchev–Trinajstić information content (AvgIpc) is 2.38. The van der Waals surface area contributed by atoms with Crippen LogP contribution in [0.25, 0.3) is 0 Å². The molecule has 0 fully saturated rings. The zero-order chi connectivity index (χ0) is 9.14. The SMILES string of the molecule is CCC(C(=O)O)n1[nH]nnc1=S.[Na+].[Na+]. The number of H-pyrrole nitrogens is 1. The van der Waals surface area contributed by atoms with E-state index in [0.29, 0.717) is 6.42 Å². The topological polar surface area (TPSA) is 83.8 Å². The third-order valence-electron chi connectivity index (χ3n) is 1.48. The fraction of sp³-hybridized carbons (Fsp3) is 0.600. The van der Waals surface area contributed by atoms with E-state index in [0.717, 1.165) is 0 Å². The van der Waals surface area contributed by atoms with E-state index in [4.69, 9.17) is 17.3 Å². The van der Waals surface area contributed by atoms with Crippen molar-refractivity contribution in [3.63, 3.8) is 0 Å². The number of hydrogen-bond donors (Lipinski definition) is 2. The molecular weight excluding hydrogens is 226 g/mol. The molecule has 0 saturated carbocycles. The van der Waals surface area contributed by atoms with Crippen LogP contribution in [0.5, 0.6) is 0 Å². The molecule has 1 aromatic heterocycles. The Morgan fingerprint density at radius 1 is 1.71 bits per heavy atom. The Labute approximate surface area is 130 Å². The Kier molecular flexibility index (Phi) is 9.78. The minimum Gasteiger partial charge on any atom is -0.480 e. The Morgan fingerprint density at radius 3 is 2.57 bits per heavy atom. The van der Waals surface area contributed by atoms with Gasteiger partial charge in [-0.1, -0.05) is 17.2 Å². The van der Waals surface area contributed by atoms with Gasteiger partial charge in [-0.05, 0) is 18.6 Å². The summed E-state index contributed by atoms with van der Waals surface area (Å²) in [6.45, 7) is 1.75. The molecule has 1 rings (SSSR count). The van der Waals surface area contributed by atoms with Gasteiger partial charge in [0.1, 0.15) is 0 Å². The molecule has 0 aliphatic carbocycles. The van der Waals surface area contributed by atoms with Crippen LogP contribution in [0.4, 0.5) is 0 Å². The van der Waals surface area contributed by atoms with Crippen molar-refractivity contribution in [3.05, 3.63) is 4.77 Å². The summed E-state index contributed by atoms with van der Waals surface area (Å²) in [6.07, 6.45) is 0.438. The number of nitrogens with one attached hydrogen (secondary N) is 1. The van der Waals surface area contributed by atoms with Gasteiger partial charge in [0.2, 0.25) is 4.77 Å². The summed E-state index contributed by atoms with van der Waals surface area (Å²) in [4.78, 5) is 10.6. The summed E-state index contributed by atoms with van der Waals surface area (Å²) in [7, 11) is 0. The molecule has 14 heavy (non-hydrogen) atoms. The molecule has 0 spiro atoms. The van der Waals surface area contributed by atoms with Crippen molar-refractivity contribution in [2.75, 3.05) is 0 Å². The number of carboxylic acid groups (broad SMARTS) is 1. The number of aliphatic carboxylic acids is 1. The van der Waals surface area contributed by atoms with Crippen LogP contribution < -0.4 is 59.1 Å². The predicted octanol–water partition coefficient (Wildman–Crippen LogP) is -5.62. The molecule has 66 valence electrons.